The Morgan fingerprint density at radius 2 is 1.71 bits per heavy atom. The van der Waals surface area contributed by atoms with Crippen LogP contribution < -0.4 is 4.74 Å². The Balaban J connectivity index is 2.11. The molecule has 3 nitrogen and oxygen atoms in total. The number of hydrogen-bond donors (Lipinski definition) is 0. The van der Waals surface area contributed by atoms with Crippen LogP contribution in [0.4, 0.5) is 0 Å². The number of hydrogen-bond acceptors (Lipinski definition) is 3. The SMILES string of the molecule is CC1(C)CC(Oc2ccccc2)CC(C)(C)N1CCC#N. The van der Waals surface area contributed by atoms with Gasteiger partial charge in [0, 0.05) is 36.9 Å². The van der Waals surface area contributed by atoms with Crippen LogP contribution in [0.25, 0.3) is 0 Å². The van der Waals surface area contributed by atoms with E-state index in [2.05, 4.69) is 38.7 Å². The third-order valence-electron chi connectivity index (χ3n) is 4.41. The van der Waals surface area contributed by atoms with E-state index >= 15 is 0 Å². The molecule has 1 aromatic rings. The summed E-state index contributed by atoms with van der Waals surface area (Å²) in [5, 5.41) is 8.88. The van der Waals surface area contributed by atoms with Crippen molar-refractivity contribution in [1.29, 1.82) is 5.26 Å². The molecule has 1 aliphatic rings. The molecule has 2 rings (SSSR count). The van der Waals surface area contributed by atoms with Crippen molar-refractivity contribution in [2.45, 2.75) is 64.1 Å². The highest BCUT2D eigenvalue weighted by molar-refractivity contribution is 5.21. The number of rotatable bonds is 4. The van der Waals surface area contributed by atoms with Crippen molar-refractivity contribution in [3.05, 3.63) is 30.3 Å². The lowest BCUT2D eigenvalue weighted by molar-refractivity contribution is -0.0716. The fraction of sp³-hybridized carbons (Fsp3) is 0.611. The third-order valence-corrected chi connectivity index (χ3v) is 4.41. The van der Waals surface area contributed by atoms with Crippen molar-refractivity contribution in [1.82, 2.24) is 4.90 Å². The van der Waals surface area contributed by atoms with Crippen LogP contribution in [0, 0.1) is 11.3 Å². The van der Waals surface area contributed by atoms with E-state index in [-0.39, 0.29) is 17.2 Å². The van der Waals surface area contributed by atoms with Crippen molar-refractivity contribution >= 4 is 0 Å². The summed E-state index contributed by atoms with van der Waals surface area (Å²) in [7, 11) is 0. The van der Waals surface area contributed by atoms with Crippen molar-refractivity contribution in [3.63, 3.8) is 0 Å². The first-order valence-corrected chi connectivity index (χ1v) is 7.71. The second-order valence-electron chi connectivity index (χ2n) is 7.15. The minimum absolute atomic E-state index is 0.0397. The molecule has 0 aromatic heterocycles. The maximum absolute atomic E-state index is 8.88. The molecule has 1 fully saturated rings. The molecule has 0 amide bonds. The van der Waals surface area contributed by atoms with Gasteiger partial charge in [-0.2, -0.15) is 5.26 Å². The van der Waals surface area contributed by atoms with Crippen LogP contribution in [-0.4, -0.2) is 28.6 Å². The number of ether oxygens (including phenoxy) is 1. The zero-order chi connectivity index (χ0) is 15.5. The van der Waals surface area contributed by atoms with Crippen LogP contribution in [0.3, 0.4) is 0 Å². The predicted molar refractivity (Wildman–Crippen MR) is 85.2 cm³/mol. The second-order valence-corrected chi connectivity index (χ2v) is 7.15. The van der Waals surface area contributed by atoms with Gasteiger partial charge in [0.25, 0.3) is 0 Å². The highest BCUT2D eigenvalue weighted by atomic mass is 16.5. The molecule has 1 heterocycles. The van der Waals surface area contributed by atoms with Crippen LogP contribution >= 0.6 is 0 Å². The smallest absolute Gasteiger partial charge is 0.119 e. The van der Waals surface area contributed by atoms with Gasteiger partial charge in [0.2, 0.25) is 0 Å². The minimum atomic E-state index is 0.0397. The zero-order valence-electron chi connectivity index (χ0n) is 13.6. The first-order valence-electron chi connectivity index (χ1n) is 7.71. The zero-order valence-corrected chi connectivity index (χ0v) is 13.6. The summed E-state index contributed by atoms with van der Waals surface area (Å²) in [6.07, 6.45) is 2.76. The fourth-order valence-corrected chi connectivity index (χ4v) is 3.77. The molecule has 0 N–H and O–H groups in total. The van der Waals surface area contributed by atoms with E-state index in [1.807, 2.05) is 30.3 Å². The van der Waals surface area contributed by atoms with Crippen LogP contribution in [0.5, 0.6) is 5.75 Å². The van der Waals surface area contributed by atoms with Gasteiger partial charge in [0.15, 0.2) is 0 Å². The molecule has 114 valence electrons. The lowest BCUT2D eigenvalue weighted by Crippen LogP contribution is -2.62. The average Bonchev–Trinajstić information content (AvgIpc) is 2.37. The molecular formula is C18H26N2O. The first-order chi connectivity index (χ1) is 9.85. The molecule has 0 atom stereocenters. The van der Waals surface area contributed by atoms with Crippen molar-refractivity contribution in [3.8, 4) is 11.8 Å². The van der Waals surface area contributed by atoms with Gasteiger partial charge >= 0.3 is 0 Å². The standard InChI is InChI=1S/C18H26N2O/c1-17(2)13-16(21-15-9-6-5-7-10-15)14-18(3,4)20(17)12-8-11-19/h5-7,9-10,16H,8,12-14H2,1-4H3. The van der Waals surface area contributed by atoms with E-state index in [0.29, 0.717) is 6.42 Å². The van der Waals surface area contributed by atoms with Crippen LogP contribution in [-0.2, 0) is 0 Å². The Morgan fingerprint density at radius 1 is 1.14 bits per heavy atom. The molecule has 0 aliphatic carbocycles. The first kappa shape index (κ1) is 15.9. The van der Waals surface area contributed by atoms with E-state index < -0.39 is 0 Å². The van der Waals surface area contributed by atoms with Crippen LogP contribution in [0.2, 0.25) is 0 Å². The highest BCUT2D eigenvalue weighted by Gasteiger charge is 2.45. The summed E-state index contributed by atoms with van der Waals surface area (Å²) in [6, 6.07) is 12.3. The van der Waals surface area contributed by atoms with Crippen LogP contribution in [0.15, 0.2) is 30.3 Å². The summed E-state index contributed by atoms with van der Waals surface area (Å²) >= 11 is 0. The van der Waals surface area contributed by atoms with Gasteiger partial charge < -0.3 is 4.74 Å². The summed E-state index contributed by atoms with van der Waals surface area (Å²) in [5.74, 6) is 0.944. The Labute approximate surface area is 128 Å². The van der Waals surface area contributed by atoms with Crippen LogP contribution in [0.1, 0.15) is 47.0 Å². The fourth-order valence-electron chi connectivity index (χ4n) is 3.77. The van der Waals surface area contributed by atoms with Gasteiger partial charge in [-0.05, 0) is 39.8 Å². The number of likely N-dealkylation sites (tertiary alicyclic amines) is 1. The number of nitrogens with zero attached hydrogens (tertiary/aromatic N) is 2. The lowest BCUT2D eigenvalue weighted by Gasteiger charge is -2.55. The maximum atomic E-state index is 8.88. The molecule has 0 bridgehead atoms. The molecule has 1 aromatic carbocycles. The van der Waals surface area contributed by atoms with Gasteiger partial charge in [-0.1, -0.05) is 18.2 Å². The second kappa shape index (κ2) is 6.07. The van der Waals surface area contributed by atoms with Gasteiger partial charge in [-0.25, -0.2) is 0 Å². The monoisotopic (exact) mass is 286 g/mol. The molecule has 1 aliphatic heterocycles. The lowest BCUT2D eigenvalue weighted by atomic mass is 9.78. The molecule has 0 unspecified atom stereocenters. The Hall–Kier alpha value is -1.53. The molecule has 21 heavy (non-hydrogen) atoms. The largest absolute Gasteiger partial charge is 0.490 e. The van der Waals surface area contributed by atoms with Crippen molar-refractivity contribution < 1.29 is 4.74 Å². The topological polar surface area (TPSA) is 36.3 Å². The van der Waals surface area contributed by atoms with E-state index in [9.17, 15) is 0 Å². The van der Waals surface area contributed by atoms with Crippen molar-refractivity contribution in [2.24, 2.45) is 0 Å². The van der Waals surface area contributed by atoms with Gasteiger partial charge in [0.1, 0.15) is 11.9 Å². The molecule has 1 saturated heterocycles. The summed E-state index contributed by atoms with van der Waals surface area (Å²) < 4.78 is 6.19. The van der Waals surface area contributed by atoms with E-state index in [1.54, 1.807) is 0 Å². The van der Waals surface area contributed by atoms with E-state index in [0.717, 1.165) is 25.1 Å². The molecular weight excluding hydrogens is 260 g/mol. The quantitative estimate of drug-likeness (QED) is 0.839. The third kappa shape index (κ3) is 3.77. The van der Waals surface area contributed by atoms with E-state index in [1.165, 1.54) is 0 Å². The number of nitriles is 1. The van der Waals surface area contributed by atoms with Crippen molar-refractivity contribution in [2.75, 3.05) is 6.54 Å². The average molecular weight is 286 g/mol. The minimum Gasteiger partial charge on any atom is -0.490 e. The number of para-hydroxylation sites is 1. The molecule has 0 saturated carbocycles. The summed E-state index contributed by atoms with van der Waals surface area (Å²) in [6.45, 7) is 9.85. The molecule has 0 spiro atoms. The molecule has 0 radical (unpaired) electrons. The Morgan fingerprint density at radius 3 is 2.24 bits per heavy atom. The van der Waals surface area contributed by atoms with Gasteiger partial charge in [0.05, 0.1) is 6.07 Å². The maximum Gasteiger partial charge on any atom is 0.119 e. The molecule has 3 heteroatoms. The number of piperidine rings is 1. The summed E-state index contributed by atoms with van der Waals surface area (Å²) in [4.78, 5) is 2.47. The van der Waals surface area contributed by atoms with Gasteiger partial charge in [-0.15, -0.1) is 0 Å². The predicted octanol–water partition coefficient (Wildman–Crippen LogP) is 4.00. The van der Waals surface area contributed by atoms with Gasteiger partial charge in [-0.3, -0.25) is 4.90 Å². The normalized spacial score (nSPS) is 21.7. The number of benzene rings is 1. The Bertz CT molecular complexity index is 484. The van der Waals surface area contributed by atoms with E-state index in [4.69, 9.17) is 10.00 Å². The Kier molecular flexibility index (Phi) is 4.58. The summed E-state index contributed by atoms with van der Waals surface area (Å²) in [5.41, 5.74) is 0.0795. The highest BCUT2D eigenvalue weighted by Crippen LogP contribution is 2.39.